The Morgan fingerprint density at radius 1 is 1.06 bits per heavy atom. The lowest BCUT2D eigenvalue weighted by Crippen LogP contribution is -2.38. The number of aromatic nitrogens is 2. The summed E-state index contributed by atoms with van der Waals surface area (Å²) in [5.74, 6) is 0.0275. The van der Waals surface area contributed by atoms with Gasteiger partial charge in [0.05, 0.1) is 5.56 Å². The van der Waals surface area contributed by atoms with Crippen molar-refractivity contribution in [1.82, 2.24) is 20.2 Å². The van der Waals surface area contributed by atoms with Crippen molar-refractivity contribution in [2.45, 2.75) is 44.4 Å². The van der Waals surface area contributed by atoms with E-state index in [0.29, 0.717) is 30.5 Å². The minimum absolute atomic E-state index is 0.0183. The molecule has 0 unspecified atom stereocenters. The average Bonchev–Trinajstić information content (AvgIpc) is 3.41. The summed E-state index contributed by atoms with van der Waals surface area (Å²) < 4.78 is 37.7. The molecule has 31 heavy (non-hydrogen) atoms. The second-order valence-electron chi connectivity index (χ2n) is 7.70. The van der Waals surface area contributed by atoms with Gasteiger partial charge in [-0.05, 0) is 36.6 Å². The summed E-state index contributed by atoms with van der Waals surface area (Å²) in [5.41, 5.74) is -0.310. The monoisotopic (exact) mass is 433 g/mol. The molecule has 1 saturated heterocycles. The molecule has 0 aromatic carbocycles. The third-order valence-electron chi connectivity index (χ3n) is 5.66. The van der Waals surface area contributed by atoms with Crippen LogP contribution in [0.4, 0.5) is 23.8 Å². The van der Waals surface area contributed by atoms with Gasteiger partial charge in [-0.2, -0.15) is 13.2 Å². The van der Waals surface area contributed by atoms with Crippen molar-refractivity contribution in [3.63, 3.8) is 0 Å². The minimum Gasteiger partial charge on any atom is -0.348 e. The van der Waals surface area contributed by atoms with Crippen molar-refractivity contribution in [3.05, 3.63) is 53.5 Å². The summed E-state index contributed by atoms with van der Waals surface area (Å²) >= 11 is 0. The van der Waals surface area contributed by atoms with Crippen LogP contribution in [0.3, 0.4) is 0 Å². The molecular formula is C21H22F3N5O2. The van der Waals surface area contributed by atoms with Gasteiger partial charge in [0, 0.05) is 38.1 Å². The van der Waals surface area contributed by atoms with Gasteiger partial charge in [0.15, 0.2) is 0 Å². The topological polar surface area (TPSA) is 78.4 Å². The number of rotatable bonds is 5. The summed E-state index contributed by atoms with van der Waals surface area (Å²) in [4.78, 5) is 36.1. The van der Waals surface area contributed by atoms with Crippen LogP contribution in [0.5, 0.6) is 0 Å². The third kappa shape index (κ3) is 4.62. The molecule has 2 fully saturated rings. The van der Waals surface area contributed by atoms with Crippen molar-refractivity contribution < 1.29 is 22.8 Å². The van der Waals surface area contributed by atoms with Crippen LogP contribution in [0.1, 0.15) is 47.3 Å². The molecule has 0 spiro atoms. The first-order valence-electron chi connectivity index (χ1n) is 10.2. The summed E-state index contributed by atoms with van der Waals surface area (Å²) in [6.07, 6.45) is 2.36. The maximum atomic E-state index is 12.7. The third-order valence-corrected chi connectivity index (χ3v) is 5.66. The average molecular weight is 433 g/mol. The highest BCUT2D eigenvalue weighted by atomic mass is 19.4. The molecule has 7 nitrogen and oxygen atoms in total. The van der Waals surface area contributed by atoms with E-state index in [4.69, 9.17) is 0 Å². The number of carbonyl (C=O) groups excluding carboxylic acids is 2. The van der Waals surface area contributed by atoms with E-state index < -0.39 is 17.8 Å². The maximum absolute atomic E-state index is 12.7. The summed E-state index contributed by atoms with van der Waals surface area (Å²) in [6.45, 7) is 1.44. The van der Waals surface area contributed by atoms with E-state index in [0.717, 1.165) is 44.0 Å². The zero-order chi connectivity index (χ0) is 22.0. The van der Waals surface area contributed by atoms with E-state index in [9.17, 15) is 22.8 Å². The van der Waals surface area contributed by atoms with Crippen LogP contribution in [-0.4, -0.2) is 45.9 Å². The number of nitrogens with zero attached hydrogens (tertiary/aromatic N) is 4. The molecule has 1 aliphatic heterocycles. The molecular weight excluding hydrogens is 411 g/mol. The molecule has 3 amide bonds. The Kier molecular flexibility index (Phi) is 5.79. The van der Waals surface area contributed by atoms with E-state index in [-0.39, 0.29) is 18.1 Å². The molecule has 2 aromatic heterocycles. The quantitative estimate of drug-likeness (QED) is 0.782. The molecule has 0 bridgehead atoms. The van der Waals surface area contributed by atoms with E-state index in [2.05, 4.69) is 15.3 Å². The minimum atomic E-state index is -4.55. The number of halogens is 3. The molecule has 0 radical (unpaired) electrons. The van der Waals surface area contributed by atoms with E-state index in [1.165, 1.54) is 0 Å². The van der Waals surface area contributed by atoms with E-state index >= 15 is 0 Å². The largest absolute Gasteiger partial charge is 0.433 e. The predicted octanol–water partition coefficient (Wildman–Crippen LogP) is 3.61. The molecule has 4 rings (SSSR count). The molecule has 2 aliphatic rings. The molecule has 1 N–H and O–H groups in total. The lowest BCUT2D eigenvalue weighted by Gasteiger charge is -2.23. The van der Waals surface area contributed by atoms with Crippen LogP contribution < -0.4 is 10.2 Å². The lowest BCUT2D eigenvalue weighted by molar-refractivity contribution is -0.141. The van der Waals surface area contributed by atoms with Crippen LogP contribution in [0.25, 0.3) is 0 Å². The first-order valence-corrected chi connectivity index (χ1v) is 10.2. The fourth-order valence-electron chi connectivity index (χ4n) is 3.98. The number of alkyl halides is 3. The van der Waals surface area contributed by atoms with Gasteiger partial charge < -0.3 is 10.2 Å². The Bertz CT molecular complexity index is 941. The standard InChI is InChI=1S/C21H22F3N5O2/c22-21(23,24)17-7-6-15(13-25-17)19(30)27-12-14-5-8-18(26-11-14)29-10-9-28(20(29)31)16-3-1-2-4-16/h5-8,11,13,16H,1-4,9-10,12H2,(H,27,30). The summed E-state index contributed by atoms with van der Waals surface area (Å²) in [7, 11) is 0. The van der Waals surface area contributed by atoms with Crippen LogP contribution in [-0.2, 0) is 12.7 Å². The van der Waals surface area contributed by atoms with Crippen LogP contribution in [0.2, 0.25) is 0 Å². The molecule has 1 aliphatic carbocycles. The molecule has 2 aromatic rings. The normalized spacial score (nSPS) is 17.5. The van der Waals surface area contributed by atoms with Gasteiger partial charge in [0.2, 0.25) is 0 Å². The Morgan fingerprint density at radius 2 is 1.84 bits per heavy atom. The van der Waals surface area contributed by atoms with E-state index in [1.54, 1.807) is 23.2 Å². The number of amides is 3. The summed E-state index contributed by atoms with van der Waals surface area (Å²) in [6, 6.07) is 5.66. The molecule has 1 saturated carbocycles. The van der Waals surface area contributed by atoms with Crippen LogP contribution in [0.15, 0.2) is 36.7 Å². The van der Waals surface area contributed by atoms with Gasteiger partial charge in [-0.1, -0.05) is 18.9 Å². The van der Waals surface area contributed by atoms with Crippen LogP contribution in [0, 0.1) is 0 Å². The van der Waals surface area contributed by atoms with Crippen molar-refractivity contribution in [3.8, 4) is 0 Å². The lowest BCUT2D eigenvalue weighted by atomic mass is 10.2. The van der Waals surface area contributed by atoms with Gasteiger partial charge >= 0.3 is 12.2 Å². The fourth-order valence-corrected chi connectivity index (χ4v) is 3.98. The molecule has 10 heteroatoms. The van der Waals surface area contributed by atoms with Gasteiger partial charge in [-0.15, -0.1) is 0 Å². The zero-order valence-electron chi connectivity index (χ0n) is 16.7. The second kappa shape index (κ2) is 8.52. The number of hydrogen-bond donors (Lipinski definition) is 1. The first-order chi connectivity index (χ1) is 14.8. The Labute approximate surface area is 177 Å². The number of nitrogens with one attached hydrogen (secondary N) is 1. The predicted molar refractivity (Wildman–Crippen MR) is 106 cm³/mol. The van der Waals surface area contributed by atoms with Crippen molar-refractivity contribution in [2.75, 3.05) is 18.0 Å². The Morgan fingerprint density at radius 3 is 2.45 bits per heavy atom. The number of pyridine rings is 2. The zero-order valence-corrected chi connectivity index (χ0v) is 16.7. The number of hydrogen-bond acceptors (Lipinski definition) is 4. The maximum Gasteiger partial charge on any atom is 0.433 e. The van der Waals surface area contributed by atoms with Gasteiger partial charge in [0.1, 0.15) is 11.5 Å². The Balaban J connectivity index is 1.32. The number of anilines is 1. The second-order valence-corrected chi connectivity index (χ2v) is 7.70. The molecule has 0 atom stereocenters. The fraction of sp³-hybridized carbons (Fsp3) is 0.429. The van der Waals surface area contributed by atoms with Crippen molar-refractivity contribution in [2.24, 2.45) is 0 Å². The summed E-state index contributed by atoms with van der Waals surface area (Å²) in [5, 5.41) is 2.63. The van der Waals surface area contributed by atoms with Gasteiger partial charge in [0.25, 0.3) is 5.91 Å². The van der Waals surface area contributed by atoms with E-state index in [1.807, 2.05) is 4.90 Å². The first kappa shape index (κ1) is 21.1. The van der Waals surface area contributed by atoms with Crippen LogP contribution >= 0.6 is 0 Å². The smallest absolute Gasteiger partial charge is 0.348 e. The van der Waals surface area contributed by atoms with Crippen molar-refractivity contribution in [1.29, 1.82) is 0 Å². The number of urea groups is 1. The van der Waals surface area contributed by atoms with Gasteiger partial charge in [-0.25, -0.2) is 9.78 Å². The number of carbonyl (C=O) groups is 2. The molecule has 3 heterocycles. The Hall–Kier alpha value is -3.17. The SMILES string of the molecule is O=C(NCc1ccc(N2CCN(C3CCCC3)C2=O)nc1)c1ccc(C(F)(F)F)nc1. The van der Waals surface area contributed by atoms with Crippen molar-refractivity contribution >= 4 is 17.8 Å². The highest BCUT2D eigenvalue weighted by molar-refractivity contribution is 5.94. The van der Waals surface area contributed by atoms with Gasteiger partial charge in [-0.3, -0.25) is 14.7 Å². The molecule has 164 valence electrons. The highest BCUT2D eigenvalue weighted by Crippen LogP contribution is 2.29. The highest BCUT2D eigenvalue weighted by Gasteiger charge is 2.36.